The van der Waals surface area contributed by atoms with E-state index in [1.807, 2.05) is 18.4 Å². The average Bonchev–Trinajstić information content (AvgIpc) is 3.01. The van der Waals surface area contributed by atoms with E-state index in [0.717, 1.165) is 6.42 Å². The molecule has 2 heterocycles. The topological polar surface area (TPSA) is 94.1 Å². The van der Waals surface area contributed by atoms with Crippen LogP contribution in [-0.4, -0.2) is 43.8 Å². The van der Waals surface area contributed by atoms with Gasteiger partial charge < -0.3 is 10.3 Å². The molecule has 8 heteroatoms. The molecule has 1 aliphatic rings. The van der Waals surface area contributed by atoms with E-state index in [1.54, 1.807) is 0 Å². The molecular weight excluding hydrogens is 278 g/mol. The number of thioether (sulfide) groups is 1. The molecule has 1 saturated heterocycles. The van der Waals surface area contributed by atoms with Crippen molar-refractivity contribution >= 4 is 23.6 Å². The average molecular weight is 297 g/mol. The van der Waals surface area contributed by atoms with E-state index in [-0.39, 0.29) is 23.6 Å². The molecule has 2 rings (SSSR count). The Morgan fingerprint density at radius 2 is 2.20 bits per heavy atom. The molecule has 0 unspecified atom stereocenters. The maximum absolute atomic E-state index is 12.0. The smallest absolute Gasteiger partial charge is 0.239 e. The van der Waals surface area contributed by atoms with Crippen LogP contribution >= 0.6 is 11.8 Å². The van der Waals surface area contributed by atoms with E-state index in [9.17, 15) is 9.59 Å². The maximum Gasteiger partial charge on any atom is 0.239 e. The minimum atomic E-state index is -0.162. The van der Waals surface area contributed by atoms with E-state index in [2.05, 4.69) is 10.2 Å². The number of likely N-dealkylation sites (tertiary alicyclic amines) is 1. The summed E-state index contributed by atoms with van der Waals surface area (Å²) in [4.78, 5) is 24.8. The Hall–Kier alpha value is -1.41. The van der Waals surface area contributed by atoms with Crippen molar-refractivity contribution in [2.45, 2.75) is 44.4 Å². The molecular formula is C12H19N5O2S. The second-order valence-electron chi connectivity index (χ2n) is 4.90. The van der Waals surface area contributed by atoms with Crippen LogP contribution in [0.5, 0.6) is 0 Å². The summed E-state index contributed by atoms with van der Waals surface area (Å²) in [6.45, 7) is 4.87. The van der Waals surface area contributed by atoms with Crippen LogP contribution in [0.4, 0.5) is 0 Å². The van der Waals surface area contributed by atoms with E-state index in [1.165, 1.54) is 16.7 Å². The van der Waals surface area contributed by atoms with Gasteiger partial charge in [-0.1, -0.05) is 11.8 Å². The molecule has 0 saturated carbocycles. The molecule has 110 valence electrons. The molecule has 1 aromatic heterocycles. The second-order valence-corrected chi connectivity index (χ2v) is 5.84. The molecule has 1 aliphatic heterocycles. The summed E-state index contributed by atoms with van der Waals surface area (Å²) in [6, 6.07) is 0.176. The van der Waals surface area contributed by atoms with Crippen LogP contribution in [0.1, 0.15) is 38.6 Å². The van der Waals surface area contributed by atoms with Gasteiger partial charge in [0.15, 0.2) is 5.16 Å². The minimum absolute atomic E-state index is 0.0800. The van der Waals surface area contributed by atoms with Gasteiger partial charge in [0.25, 0.3) is 0 Å². The van der Waals surface area contributed by atoms with Crippen LogP contribution < -0.4 is 5.73 Å². The van der Waals surface area contributed by atoms with Crippen LogP contribution in [0.3, 0.4) is 0 Å². The van der Waals surface area contributed by atoms with E-state index in [4.69, 9.17) is 5.73 Å². The molecule has 1 fully saturated rings. The summed E-state index contributed by atoms with van der Waals surface area (Å²) < 4.78 is 1.92. The Balaban J connectivity index is 2.02. The number of aromatic nitrogens is 3. The molecule has 0 atom stereocenters. The van der Waals surface area contributed by atoms with Gasteiger partial charge in [0, 0.05) is 19.0 Å². The van der Waals surface area contributed by atoms with Gasteiger partial charge in [-0.2, -0.15) is 0 Å². The lowest BCUT2D eigenvalue weighted by molar-refractivity contribution is -0.140. The Morgan fingerprint density at radius 1 is 1.45 bits per heavy atom. The number of nitrogens with zero attached hydrogens (tertiary/aromatic N) is 4. The number of amides is 2. The van der Waals surface area contributed by atoms with Gasteiger partial charge in [-0.25, -0.2) is 0 Å². The Morgan fingerprint density at radius 3 is 2.75 bits per heavy atom. The Labute approximate surface area is 121 Å². The standard InChI is InChI=1S/C12H19N5O2S/c1-8(2)17-9(6-13)14-15-12(17)20-7-11(19)16-5-3-4-10(16)18/h8H,3-7,13H2,1-2H3. The maximum atomic E-state index is 12.0. The monoisotopic (exact) mass is 297 g/mol. The van der Waals surface area contributed by atoms with Crippen LogP contribution in [0, 0.1) is 0 Å². The zero-order valence-electron chi connectivity index (χ0n) is 11.7. The summed E-state index contributed by atoms with van der Waals surface area (Å²) in [5.41, 5.74) is 5.62. The van der Waals surface area contributed by atoms with Crippen molar-refractivity contribution in [2.24, 2.45) is 5.73 Å². The van der Waals surface area contributed by atoms with Gasteiger partial charge in [0.2, 0.25) is 11.8 Å². The fourth-order valence-electron chi connectivity index (χ4n) is 2.18. The first-order valence-electron chi connectivity index (χ1n) is 6.64. The van der Waals surface area contributed by atoms with Crippen molar-refractivity contribution in [2.75, 3.05) is 12.3 Å². The molecule has 7 nitrogen and oxygen atoms in total. The molecule has 0 aliphatic carbocycles. The SMILES string of the molecule is CC(C)n1c(CN)nnc1SCC(=O)N1CCCC1=O. The van der Waals surface area contributed by atoms with Crippen molar-refractivity contribution in [3.05, 3.63) is 5.82 Å². The highest BCUT2D eigenvalue weighted by atomic mass is 32.2. The van der Waals surface area contributed by atoms with Gasteiger partial charge in [-0.15, -0.1) is 10.2 Å². The lowest BCUT2D eigenvalue weighted by Crippen LogP contribution is -2.33. The van der Waals surface area contributed by atoms with Crippen molar-refractivity contribution in [3.63, 3.8) is 0 Å². The summed E-state index contributed by atoms with van der Waals surface area (Å²) in [5, 5.41) is 8.75. The number of carbonyl (C=O) groups is 2. The highest BCUT2D eigenvalue weighted by Gasteiger charge is 2.26. The van der Waals surface area contributed by atoms with Gasteiger partial charge >= 0.3 is 0 Å². The predicted molar refractivity (Wildman–Crippen MR) is 75.0 cm³/mol. The second kappa shape index (κ2) is 6.36. The van der Waals surface area contributed by atoms with Gasteiger partial charge in [-0.05, 0) is 20.3 Å². The van der Waals surface area contributed by atoms with E-state index >= 15 is 0 Å². The largest absolute Gasteiger partial charge is 0.324 e. The number of rotatable bonds is 5. The first-order chi connectivity index (χ1) is 9.54. The fourth-order valence-corrected chi connectivity index (χ4v) is 3.14. The first-order valence-corrected chi connectivity index (χ1v) is 7.63. The zero-order chi connectivity index (χ0) is 14.7. The van der Waals surface area contributed by atoms with E-state index < -0.39 is 0 Å². The minimum Gasteiger partial charge on any atom is -0.324 e. The first kappa shape index (κ1) is 15.0. The van der Waals surface area contributed by atoms with Crippen molar-refractivity contribution in [3.8, 4) is 0 Å². The fraction of sp³-hybridized carbons (Fsp3) is 0.667. The van der Waals surface area contributed by atoms with Crippen LogP contribution in [-0.2, 0) is 16.1 Å². The third kappa shape index (κ3) is 3.01. The lowest BCUT2D eigenvalue weighted by atomic mass is 10.4. The number of hydrogen-bond acceptors (Lipinski definition) is 6. The van der Waals surface area contributed by atoms with Gasteiger partial charge in [0.05, 0.1) is 12.3 Å². The Bertz CT molecular complexity index is 514. The summed E-state index contributed by atoms with van der Waals surface area (Å²) >= 11 is 1.30. The third-order valence-electron chi connectivity index (χ3n) is 3.13. The molecule has 2 amide bonds. The number of nitrogens with two attached hydrogens (primary N) is 1. The number of hydrogen-bond donors (Lipinski definition) is 1. The van der Waals surface area contributed by atoms with Crippen LogP contribution in [0.15, 0.2) is 5.16 Å². The molecule has 0 spiro atoms. The summed E-state index contributed by atoms with van der Waals surface area (Å²) in [6.07, 6.45) is 1.23. The molecule has 1 aromatic rings. The number of carbonyl (C=O) groups excluding carboxylic acids is 2. The molecule has 0 bridgehead atoms. The normalized spacial score (nSPS) is 15.4. The highest BCUT2D eigenvalue weighted by molar-refractivity contribution is 7.99. The van der Waals surface area contributed by atoms with Crippen LogP contribution in [0.25, 0.3) is 0 Å². The molecule has 0 radical (unpaired) electrons. The number of imide groups is 1. The third-order valence-corrected chi connectivity index (χ3v) is 4.06. The van der Waals surface area contributed by atoms with Crippen LogP contribution in [0.2, 0.25) is 0 Å². The van der Waals surface area contributed by atoms with Gasteiger partial charge in [-0.3, -0.25) is 14.5 Å². The lowest BCUT2D eigenvalue weighted by Gasteiger charge is -2.15. The zero-order valence-corrected chi connectivity index (χ0v) is 12.5. The highest BCUT2D eigenvalue weighted by Crippen LogP contribution is 2.22. The van der Waals surface area contributed by atoms with E-state index in [0.29, 0.717) is 30.5 Å². The molecule has 0 aromatic carbocycles. The Kier molecular flexibility index (Phi) is 4.77. The van der Waals surface area contributed by atoms with Crippen molar-refractivity contribution in [1.82, 2.24) is 19.7 Å². The molecule has 2 N–H and O–H groups in total. The summed E-state index contributed by atoms with van der Waals surface area (Å²) in [5.74, 6) is 0.655. The van der Waals surface area contributed by atoms with Gasteiger partial charge in [0.1, 0.15) is 5.82 Å². The summed E-state index contributed by atoms with van der Waals surface area (Å²) in [7, 11) is 0. The van der Waals surface area contributed by atoms with Crippen molar-refractivity contribution < 1.29 is 9.59 Å². The van der Waals surface area contributed by atoms with Crippen molar-refractivity contribution in [1.29, 1.82) is 0 Å². The predicted octanol–water partition coefficient (Wildman–Crippen LogP) is 0.559. The quantitative estimate of drug-likeness (QED) is 0.798. The molecule has 20 heavy (non-hydrogen) atoms.